The molecule has 0 saturated heterocycles. The van der Waals surface area contributed by atoms with E-state index in [-0.39, 0.29) is 0 Å². The third-order valence-corrected chi connectivity index (χ3v) is 1.87. The molecule has 0 aromatic heterocycles. The number of fused-ring (bicyclic) bond motifs is 1. The SMILES string of the molecule is Nc1ccc2c(c1)NC(O)C2. The van der Waals surface area contributed by atoms with Crippen molar-refractivity contribution in [3.8, 4) is 0 Å². The second-order valence-electron chi connectivity index (χ2n) is 2.78. The van der Waals surface area contributed by atoms with Crippen LogP contribution >= 0.6 is 0 Å². The smallest absolute Gasteiger partial charge is 0.128 e. The minimum Gasteiger partial charge on any atom is -0.399 e. The van der Waals surface area contributed by atoms with E-state index >= 15 is 0 Å². The van der Waals surface area contributed by atoms with Gasteiger partial charge in [0.25, 0.3) is 0 Å². The number of benzene rings is 1. The van der Waals surface area contributed by atoms with E-state index in [1.54, 1.807) is 0 Å². The van der Waals surface area contributed by atoms with Crippen molar-refractivity contribution < 1.29 is 5.11 Å². The zero-order valence-corrected chi connectivity index (χ0v) is 6.04. The fraction of sp³-hybridized carbons (Fsp3) is 0.250. The maximum absolute atomic E-state index is 9.19. The quantitative estimate of drug-likeness (QED) is 0.473. The molecule has 3 nitrogen and oxygen atoms in total. The van der Waals surface area contributed by atoms with Crippen LogP contribution in [0.5, 0.6) is 0 Å². The van der Waals surface area contributed by atoms with E-state index in [4.69, 9.17) is 5.73 Å². The number of nitrogens with one attached hydrogen (secondary N) is 1. The molecule has 11 heavy (non-hydrogen) atoms. The summed E-state index contributed by atoms with van der Waals surface area (Å²) in [5.74, 6) is 0. The largest absolute Gasteiger partial charge is 0.399 e. The van der Waals surface area contributed by atoms with Crippen LogP contribution in [0.15, 0.2) is 18.2 Å². The maximum Gasteiger partial charge on any atom is 0.128 e. The van der Waals surface area contributed by atoms with Gasteiger partial charge in [-0.3, -0.25) is 0 Å². The molecule has 0 radical (unpaired) electrons. The van der Waals surface area contributed by atoms with Gasteiger partial charge in [-0.2, -0.15) is 0 Å². The minimum absolute atomic E-state index is 0.438. The second kappa shape index (κ2) is 2.13. The van der Waals surface area contributed by atoms with Crippen LogP contribution in [0, 0.1) is 0 Å². The number of rotatable bonds is 0. The molecule has 58 valence electrons. The summed E-state index contributed by atoms with van der Waals surface area (Å²) in [7, 11) is 0. The first-order valence-corrected chi connectivity index (χ1v) is 3.59. The average molecular weight is 150 g/mol. The van der Waals surface area contributed by atoms with Crippen LogP contribution in [-0.2, 0) is 6.42 Å². The van der Waals surface area contributed by atoms with Crippen molar-refractivity contribution >= 4 is 11.4 Å². The molecule has 0 fully saturated rings. The molecule has 1 unspecified atom stereocenters. The van der Waals surface area contributed by atoms with Gasteiger partial charge in [-0.25, -0.2) is 0 Å². The lowest BCUT2D eigenvalue weighted by Crippen LogP contribution is -2.12. The molecule has 0 amide bonds. The van der Waals surface area contributed by atoms with E-state index in [1.165, 1.54) is 0 Å². The van der Waals surface area contributed by atoms with Crippen LogP contribution in [0.1, 0.15) is 5.56 Å². The van der Waals surface area contributed by atoms with E-state index < -0.39 is 6.23 Å². The average Bonchev–Trinajstić information content (AvgIpc) is 2.27. The zero-order valence-electron chi connectivity index (χ0n) is 6.04. The van der Waals surface area contributed by atoms with Crippen LogP contribution in [0.2, 0.25) is 0 Å². The Kier molecular flexibility index (Phi) is 1.26. The molecular weight excluding hydrogens is 140 g/mol. The Balaban J connectivity index is 2.43. The van der Waals surface area contributed by atoms with Gasteiger partial charge in [-0.1, -0.05) is 6.07 Å². The normalized spacial score (nSPS) is 21.0. The lowest BCUT2D eigenvalue weighted by Gasteiger charge is -2.01. The first-order valence-electron chi connectivity index (χ1n) is 3.59. The summed E-state index contributed by atoms with van der Waals surface area (Å²) >= 11 is 0. The number of aliphatic hydroxyl groups excluding tert-OH is 1. The summed E-state index contributed by atoms with van der Waals surface area (Å²) < 4.78 is 0. The molecule has 0 aliphatic carbocycles. The highest BCUT2D eigenvalue weighted by atomic mass is 16.3. The third-order valence-electron chi connectivity index (χ3n) is 1.87. The predicted octanol–water partition coefficient (Wildman–Crippen LogP) is 0.555. The van der Waals surface area contributed by atoms with Crippen molar-refractivity contribution in [2.24, 2.45) is 0 Å². The predicted molar refractivity (Wildman–Crippen MR) is 44.2 cm³/mol. The third kappa shape index (κ3) is 1.03. The van der Waals surface area contributed by atoms with E-state index in [9.17, 15) is 5.11 Å². The first kappa shape index (κ1) is 6.49. The first-order chi connectivity index (χ1) is 5.25. The summed E-state index contributed by atoms with van der Waals surface area (Å²) in [6.45, 7) is 0. The molecule has 1 aromatic carbocycles. The van der Waals surface area contributed by atoms with E-state index in [0.29, 0.717) is 6.42 Å². The molecule has 4 N–H and O–H groups in total. The van der Waals surface area contributed by atoms with Crippen molar-refractivity contribution in [3.05, 3.63) is 23.8 Å². The maximum atomic E-state index is 9.19. The Morgan fingerprint density at radius 1 is 1.55 bits per heavy atom. The number of nitrogens with two attached hydrogens (primary N) is 1. The van der Waals surface area contributed by atoms with Gasteiger partial charge in [-0.05, 0) is 17.7 Å². The van der Waals surface area contributed by atoms with Gasteiger partial charge in [0.1, 0.15) is 6.23 Å². The van der Waals surface area contributed by atoms with Gasteiger partial charge in [0.15, 0.2) is 0 Å². The molecule has 3 heteroatoms. The zero-order chi connectivity index (χ0) is 7.84. The topological polar surface area (TPSA) is 58.3 Å². The molecule has 1 aliphatic rings. The molecular formula is C8H10N2O. The van der Waals surface area contributed by atoms with E-state index in [1.807, 2.05) is 18.2 Å². The molecule has 1 atom stereocenters. The van der Waals surface area contributed by atoms with Gasteiger partial charge >= 0.3 is 0 Å². The Morgan fingerprint density at radius 3 is 3.18 bits per heavy atom. The highest BCUT2D eigenvalue weighted by molar-refractivity contribution is 5.62. The van der Waals surface area contributed by atoms with Crippen LogP contribution < -0.4 is 11.1 Å². The summed E-state index contributed by atoms with van der Waals surface area (Å²) in [6.07, 6.45) is 0.238. The molecule has 0 bridgehead atoms. The highest BCUT2D eigenvalue weighted by Crippen LogP contribution is 2.26. The van der Waals surface area contributed by atoms with Crippen LogP contribution in [0.4, 0.5) is 11.4 Å². The van der Waals surface area contributed by atoms with Gasteiger partial charge < -0.3 is 16.2 Å². The molecule has 0 saturated carbocycles. The summed E-state index contributed by atoms with van der Waals surface area (Å²) in [5, 5.41) is 12.1. The number of hydrogen-bond donors (Lipinski definition) is 3. The fourth-order valence-electron chi connectivity index (χ4n) is 1.35. The fourth-order valence-corrected chi connectivity index (χ4v) is 1.35. The van der Waals surface area contributed by atoms with E-state index in [2.05, 4.69) is 5.32 Å². The van der Waals surface area contributed by atoms with Gasteiger partial charge in [0.2, 0.25) is 0 Å². The molecule has 0 spiro atoms. The van der Waals surface area contributed by atoms with Crippen LogP contribution in [-0.4, -0.2) is 11.3 Å². The second-order valence-corrected chi connectivity index (χ2v) is 2.78. The Labute approximate surface area is 64.8 Å². The van der Waals surface area contributed by atoms with Crippen molar-refractivity contribution in [2.45, 2.75) is 12.6 Å². The number of anilines is 2. The number of aliphatic hydroxyl groups is 1. The van der Waals surface area contributed by atoms with Crippen molar-refractivity contribution in [1.29, 1.82) is 0 Å². The molecule has 1 aromatic rings. The Hall–Kier alpha value is -1.22. The summed E-state index contributed by atoms with van der Waals surface area (Å²) in [6, 6.07) is 5.62. The summed E-state index contributed by atoms with van der Waals surface area (Å²) in [5.41, 5.74) is 8.37. The number of nitrogen functional groups attached to an aromatic ring is 1. The number of hydrogen-bond acceptors (Lipinski definition) is 3. The van der Waals surface area contributed by atoms with Crippen molar-refractivity contribution in [3.63, 3.8) is 0 Å². The standard InChI is InChI=1S/C8H10N2O/c9-6-2-1-5-3-8(11)10-7(5)4-6/h1-2,4,8,10-11H,3,9H2. The lowest BCUT2D eigenvalue weighted by molar-refractivity contribution is 0.212. The highest BCUT2D eigenvalue weighted by Gasteiger charge is 2.16. The van der Waals surface area contributed by atoms with E-state index in [0.717, 1.165) is 16.9 Å². The van der Waals surface area contributed by atoms with Gasteiger partial charge in [0, 0.05) is 17.8 Å². The van der Waals surface area contributed by atoms with Gasteiger partial charge in [0.05, 0.1) is 0 Å². The van der Waals surface area contributed by atoms with Crippen molar-refractivity contribution in [1.82, 2.24) is 0 Å². The van der Waals surface area contributed by atoms with Gasteiger partial charge in [-0.15, -0.1) is 0 Å². The Morgan fingerprint density at radius 2 is 2.36 bits per heavy atom. The van der Waals surface area contributed by atoms with Crippen LogP contribution in [0.25, 0.3) is 0 Å². The monoisotopic (exact) mass is 150 g/mol. The van der Waals surface area contributed by atoms with Crippen molar-refractivity contribution in [2.75, 3.05) is 11.1 Å². The minimum atomic E-state index is -0.438. The van der Waals surface area contributed by atoms with Crippen LogP contribution in [0.3, 0.4) is 0 Å². The Bertz CT molecular complexity index is 285. The molecule has 1 heterocycles. The lowest BCUT2D eigenvalue weighted by atomic mass is 10.1. The molecule has 1 aliphatic heterocycles. The summed E-state index contributed by atoms with van der Waals surface area (Å²) in [4.78, 5) is 0. The molecule has 2 rings (SSSR count).